The van der Waals surface area contributed by atoms with Crippen LogP contribution in [-0.4, -0.2) is 30.3 Å². The number of benzene rings is 1. The summed E-state index contributed by atoms with van der Waals surface area (Å²) in [5, 5.41) is 6.62. The van der Waals surface area contributed by atoms with E-state index in [-0.39, 0.29) is 18.0 Å². The molecule has 2 aromatic rings. The first-order valence-electron chi connectivity index (χ1n) is 7.61. The molecule has 2 N–H and O–H groups in total. The van der Waals surface area contributed by atoms with Gasteiger partial charge in [-0.1, -0.05) is 23.2 Å². The fourth-order valence-corrected chi connectivity index (χ4v) is 3.15. The number of halogens is 2. The smallest absolute Gasteiger partial charge is 0.319 e. The molecular formula is C17H17Cl2N3O2. The van der Waals surface area contributed by atoms with Crippen molar-refractivity contribution in [1.29, 1.82) is 0 Å². The van der Waals surface area contributed by atoms with Crippen molar-refractivity contribution in [3.63, 3.8) is 0 Å². The van der Waals surface area contributed by atoms with Crippen molar-refractivity contribution in [2.24, 2.45) is 5.92 Å². The number of anilines is 1. The van der Waals surface area contributed by atoms with Crippen LogP contribution in [0.4, 0.5) is 10.5 Å². The van der Waals surface area contributed by atoms with Gasteiger partial charge in [-0.15, -0.1) is 0 Å². The van der Waals surface area contributed by atoms with E-state index >= 15 is 0 Å². The second kappa shape index (κ2) is 7.83. The minimum atomic E-state index is -0.311. The van der Waals surface area contributed by atoms with Gasteiger partial charge >= 0.3 is 6.03 Å². The zero-order valence-electron chi connectivity index (χ0n) is 12.8. The fourth-order valence-electron chi connectivity index (χ4n) is 2.70. The molecule has 1 aliphatic rings. The molecule has 5 nitrogen and oxygen atoms in total. The molecule has 0 radical (unpaired) electrons. The maximum atomic E-state index is 12.2. The van der Waals surface area contributed by atoms with Gasteiger partial charge in [0, 0.05) is 23.3 Å². The van der Waals surface area contributed by atoms with Crippen LogP contribution in [0, 0.1) is 5.92 Å². The number of hydrogen-bond acceptors (Lipinski definition) is 3. The molecule has 0 aliphatic carbocycles. The highest BCUT2D eigenvalue weighted by Gasteiger charge is 2.29. The number of carbonyl (C=O) groups excluding carboxylic acids is 1. The summed E-state index contributed by atoms with van der Waals surface area (Å²) in [7, 11) is 0. The Morgan fingerprint density at radius 3 is 2.75 bits per heavy atom. The molecule has 0 spiro atoms. The summed E-state index contributed by atoms with van der Waals surface area (Å²) >= 11 is 11.9. The van der Waals surface area contributed by atoms with Crippen molar-refractivity contribution in [3.8, 4) is 0 Å². The molecule has 1 aliphatic heterocycles. The van der Waals surface area contributed by atoms with Crippen LogP contribution in [0.15, 0.2) is 42.7 Å². The van der Waals surface area contributed by atoms with Gasteiger partial charge in [-0.3, -0.25) is 4.98 Å². The number of nitrogens with zero attached hydrogens (tertiary/aromatic N) is 1. The van der Waals surface area contributed by atoms with Gasteiger partial charge in [0.25, 0.3) is 0 Å². The Morgan fingerprint density at radius 2 is 2.00 bits per heavy atom. The Kier molecular flexibility index (Phi) is 5.56. The third-order valence-electron chi connectivity index (χ3n) is 3.94. The molecule has 7 heteroatoms. The van der Waals surface area contributed by atoms with Crippen LogP contribution in [0.1, 0.15) is 5.56 Å². The minimum Gasteiger partial charge on any atom is -0.379 e. The quantitative estimate of drug-likeness (QED) is 0.866. The van der Waals surface area contributed by atoms with Crippen molar-refractivity contribution in [3.05, 3.63) is 58.3 Å². The van der Waals surface area contributed by atoms with Crippen LogP contribution >= 0.6 is 23.2 Å². The largest absolute Gasteiger partial charge is 0.379 e. The Labute approximate surface area is 150 Å². The standard InChI is InChI=1S/C17H17Cl2N3O2/c18-13-1-2-15(14(19)8-13)21-17(23)22-16-10-24-9-12(16)7-11-3-5-20-6-4-11/h1-6,8,12,16H,7,9-10H2,(H2,21,22,23)/t12-,16-/m1/s1. The average molecular weight is 366 g/mol. The molecular weight excluding hydrogens is 349 g/mol. The number of nitrogens with one attached hydrogen (secondary N) is 2. The third kappa shape index (κ3) is 4.38. The van der Waals surface area contributed by atoms with Crippen molar-refractivity contribution in [2.45, 2.75) is 12.5 Å². The lowest BCUT2D eigenvalue weighted by Gasteiger charge is -2.19. The molecule has 2 heterocycles. The second-order valence-corrected chi connectivity index (χ2v) is 6.53. The number of aromatic nitrogens is 1. The maximum absolute atomic E-state index is 12.2. The van der Waals surface area contributed by atoms with E-state index in [2.05, 4.69) is 15.6 Å². The highest BCUT2D eigenvalue weighted by atomic mass is 35.5. The van der Waals surface area contributed by atoms with E-state index in [0.717, 1.165) is 6.42 Å². The van der Waals surface area contributed by atoms with Gasteiger partial charge in [0.05, 0.1) is 30.0 Å². The van der Waals surface area contributed by atoms with E-state index < -0.39 is 0 Å². The number of rotatable bonds is 4. The van der Waals surface area contributed by atoms with E-state index in [0.29, 0.717) is 28.9 Å². The fraction of sp³-hybridized carbons (Fsp3) is 0.294. The predicted molar refractivity (Wildman–Crippen MR) is 94.7 cm³/mol. The molecule has 2 amide bonds. The maximum Gasteiger partial charge on any atom is 0.319 e. The monoisotopic (exact) mass is 365 g/mol. The predicted octanol–water partition coefficient (Wildman–Crippen LogP) is 3.77. The van der Waals surface area contributed by atoms with Crippen molar-refractivity contribution in [1.82, 2.24) is 10.3 Å². The van der Waals surface area contributed by atoms with Gasteiger partial charge < -0.3 is 15.4 Å². The van der Waals surface area contributed by atoms with Crippen LogP contribution < -0.4 is 10.6 Å². The van der Waals surface area contributed by atoms with Gasteiger partial charge in [-0.05, 0) is 42.3 Å². The number of pyridine rings is 1. The summed E-state index contributed by atoms with van der Waals surface area (Å²) in [5.41, 5.74) is 1.69. The lowest BCUT2D eigenvalue weighted by Crippen LogP contribution is -2.42. The number of amides is 2. The molecule has 1 aromatic heterocycles. The van der Waals surface area contributed by atoms with Crippen LogP contribution in [-0.2, 0) is 11.2 Å². The Hall–Kier alpha value is -1.82. The Bertz CT molecular complexity index is 712. The summed E-state index contributed by atoms with van der Waals surface area (Å²) < 4.78 is 5.53. The van der Waals surface area contributed by atoms with Gasteiger partial charge in [0.2, 0.25) is 0 Å². The third-order valence-corrected chi connectivity index (χ3v) is 4.49. The molecule has 0 saturated carbocycles. The highest BCUT2D eigenvalue weighted by Crippen LogP contribution is 2.25. The minimum absolute atomic E-state index is 0.0516. The van der Waals surface area contributed by atoms with E-state index in [1.165, 1.54) is 5.56 Å². The Morgan fingerprint density at radius 1 is 1.21 bits per heavy atom. The zero-order chi connectivity index (χ0) is 16.9. The summed E-state index contributed by atoms with van der Waals surface area (Å²) in [6.07, 6.45) is 4.36. The molecule has 126 valence electrons. The molecule has 3 rings (SSSR count). The number of urea groups is 1. The van der Waals surface area contributed by atoms with Gasteiger partial charge in [-0.2, -0.15) is 0 Å². The number of ether oxygens (including phenoxy) is 1. The van der Waals surface area contributed by atoms with E-state index in [1.54, 1.807) is 30.6 Å². The summed E-state index contributed by atoms with van der Waals surface area (Å²) in [6, 6.07) is 8.52. The average Bonchev–Trinajstić information content (AvgIpc) is 2.98. The lowest BCUT2D eigenvalue weighted by atomic mass is 9.95. The molecule has 24 heavy (non-hydrogen) atoms. The number of hydrogen-bond donors (Lipinski definition) is 2. The normalized spacial score (nSPS) is 19.9. The van der Waals surface area contributed by atoms with Crippen LogP contribution in [0.25, 0.3) is 0 Å². The van der Waals surface area contributed by atoms with E-state index in [9.17, 15) is 4.79 Å². The summed E-state index contributed by atoms with van der Waals surface area (Å²) in [4.78, 5) is 16.2. The topological polar surface area (TPSA) is 63.2 Å². The van der Waals surface area contributed by atoms with Gasteiger partial charge in [0.15, 0.2) is 0 Å². The van der Waals surface area contributed by atoms with E-state index in [4.69, 9.17) is 27.9 Å². The summed E-state index contributed by atoms with van der Waals surface area (Å²) in [5.74, 6) is 0.221. The zero-order valence-corrected chi connectivity index (χ0v) is 14.3. The van der Waals surface area contributed by atoms with Crippen molar-refractivity contribution in [2.75, 3.05) is 18.5 Å². The highest BCUT2D eigenvalue weighted by molar-refractivity contribution is 6.36. The van der Waals surface area contributed by atoms with Crippen LogP contribution in [0.3, 0.4) is 0 Å². The first-order chi connectivity index (χ1) is 11.6. The molecule has 1 aromatic carbocycles. The molecule has 1 saturated heterocycles. The van der Waals surface area contributed by atoms with Gasteiger partial charge in [-0.25, -0.2) is 4.79 Å². The molecule has 2 atom stereocenters. The molecule has 1 fully saturated rings. The SMILES string of the molecule is O=C(Nc1ccc(Cl)cc1Cl)N[C@@H]1COC[C@H]1Cc1ccncc1. The number of carbonyl (C=O) groups is 1. The summed E-state index contributed by atoms with van der Waals surface area (Å²) in [6.45, 7) is 1.12. The van der Waals surface area contributed by atoms with Crippen molar-refractivity contribution < 1.29 is 9.53 Å². The van der Waals surface area contributed by atoms with Crippen LogP contribution in [0.5, 0.6) is 0 Å². The Balaban J connectivity index is 1.58. The molecule has 0 bridgehead atoms. The first kappa shape index (κ1) is 17.0. The first-order valence-corrected chi connectivity index (χ1v) is 8.36. The molecule has 0 unspecified atom stereocenters. The second-order valence-electron chi connectivity index (χ2n) is 5.69. The lowest BCUT2D eigenvalue weighted by molar-refractivity contribution is 0.182. The van der Waals surface area contributed by atoms with E-state index in [1.807, 2.05) is 12.1 Å². The van der Waals surface area contributed by atoms with Crippen molar-refractivity contribution >= 4 is 34.9 Å². The van der Waals surface area contributed by atoms with Crippen LogP contribution in [0.2, 0.25) is 10.0 Å². The van der Waals surface area contributed by atoms with Gasteiger partial charge in [0.1, 0.15) is 0 Å².